The summed E-state index contributed by atoms with van der Waals surface area (Å²) in [4.78, 5) is 22.4. The average molecular weight is 277 g/mol. The quantitative estimate of drug-likeness (QED) is 0.672. The van der Waals surface area contributed by atoms with Gasteiger partial charge in [-0.15, -0.1) is 0 Å². The molecule has 0 aliphatic carbocycles. The van der Waals surface area contributed by atoms with Gasteiger partial charge in [-0.1, -0.05) is 29.4 Å². The van der Waals surface area contributed by atoms with E-state index in [1.54, 1.807) is 6.92 Å². The summed E-state index contributed by atoms with van der Waals surface area (Å²) in [5.74, 6) is -0.132. The van der Waals surface area contributed by atoms with Crippen molar-refractivity contribution in [3.05, 3.63) is 11.1 Å². The van der Waals surface area contributed by atoms with Gasteiger partial charge >= 0.3 is 5.97 Å². The number of ketones is 1. The fourth-order valence-electron chi connectivity index (χ4n) is 1.03. The van der Waals surface area contributed by atoms with Crippen LogP contribution in [0.4, 0.5) is 0 Å². The second kappa shape index (κ2) is 7.63. The number of hydrogen-bond acceptors (Lipinski definition) is 3. The molecule has 0 N–H and O–H groups in total. The third-order valence-corrected chi connectivity index (χ3v) is 2.76. The van der Waals surface area contributed by atoms with Gasteiger partial charge in [-0.05, 0) is 17.3 Å². The molecule has 0 rings (SSSR count). The maximum atomic E-state index is 11.4. The molecule has 3 nitrogen and oxygen atoms in total. The zero-order chi connectivity index (χ0) is 11.8. The molecule has 86 valence electrons. The number of carbonyl (C=O) groups is 2. The molecule has 0 aliphatic heterocycles. The van der Waals surface area contributed by atoms with Crippen molar-refractivity contribution >= 4 is 27.7 Å². The Balaban J connectivity index is 3.75. The topological polar surface area (TPSA) is 43.4 Å². The standard InChI is InChI=1S/C11H17BrO3/c1-4-15-11(14)6-5-10(13)7-8(2)9(3)12/h8H,3-7H2,1-2H3/t8-/m1/s1. The molecule has 0 saturated heterocycles. The summed E-state index contributed by atoms with van der Waals surface area (Å²) in [6, 6.07) is 0. The Kier molecular flexibility index (Phi) is 7.30. The number of hydrogen-bond donors (Lipinski definition) is 0. The van der Waals surface area contributed by atoms with Crippen molar-refractivity contribution in [1.29, 1.82) is 0 Å². The Morgan fingerprint density at radius 2 is 2.00 bits per heavy atom. The van der Waals surface area contributed by atoms with Gasteiger partial charge < -0.3 is 4.74 Å². The van der Waals surface area contributed by atoms with Crippen molar-refractivity contribution in [1.82, 2.24) is 0 Å². The lowest BCUT2D eigenvalue weighted by Crippen LogP contribution is -2.10. The van der Waals surface area contributed by atoms with E-state index in [0.717, 1.165) is 4.48 Å². The van der Waals surface area contributed by atoms with Crippen LogP contribution in [0.2, 0.25) is 0 Å². The summed E-state index contributed by atoms with van der Waals surface area (Å²) in [5, 5.41) is 0. The number of rotatable bonds is 7. The predicted octanol–water partition coefficient (Wildman–Crippen LogP) is 2.83. The van der Waals surface area contributed by atoms with Crippen molar-refractivity contribution < 1.29 is 14.3 Å². The molecule has 0 spiro atoms. The van der Waals surface area contributed by atoms with Crippen LogP contribution in [0.25, 0.3) is 0 Å². The van der Waals surface area contributed by atoms with Crippen molar-refractivity contribution in [3.63, 3.8) is 0 Å². The van der Waals surface area contributed by atoms with Crippen molar-refractivity contribution in [2.45, 2.75) is 33.1 Å². The molecule has 1 atom stereocenters. The van der Waals surface area contributed by atoms with Gasteiger partial charge in [-0.3, -0.25) is 9.59 Å². The summed E-state index contributed by atoms with van der Waals surface area (Å²) < 4.78 is 5.54. The number of Topliss-reactive ketones (excluding diaryl/α,β-unsaturated/α-hetero) is 1. The molecular weight excluding hydrogens is 260 g/mol. The highest BCUT2D eigenvalue weighted by Gasteiger charge is 2.12. The molecule has 0 aromatic heterocycles. The molecule has 0 bridgehead atoms. The maximum Gasteiger partial charge on any atom is 0.306 e. The first-order valence-electron chi connectivity index (χ1n) is 4.99. The highest BCUT2D eigenvalue weighted by molar-refractivity contribution is 9.11. The fraction of sp³-hybridized carbons (Fsp3) is 0.636. The van der Waals surface area contributed by atoms with Gasteiger partial charge in [-0.2, -0.15) is 0 Å². The molecular formula is C11H17BrO3. The third-order valence-electron chi connectivity index (χ3n) is 1.98. The lowest BCUT2D eigenvalue weighted by atomic mass is 10.0. The van der Waals surface area contributed by atoms with Crippen LogP contribution in [0, 0.1) is 5.92 Å². The Bertz CT molecular complexity index is 248. The summed E-state index contributed by atoms with van der Waals surface area (Å²) in [7, 11) is 0. The fourth-order valence-corrected chi connectivity index (χ4v) is 1.19. The summed E-state index contributed by atoms with van der Waals surface area (Å²) in [6.45, 7) is 7.73. The van der Waals surface area contributed by atoms with E-state index < -0.39 is 0 Å². The highest BCUT2D eigenvalue weighted by atomic mass is 79.9. The van der Waals surface area contributed by atoms with Gasteiger partial charge in [0, 0.05) is 12.8 Å². The SMILES string of the molecule is C=C(Br)[C@H](C)CC(=O)CCC(=O)OCC. The number of allylic oxidation sites excluding steroid dienone is 1. The Morgan fingerprint density at radius 1 is 1.40 bits per heavy atom. The van der Waals surface area contributed by atoms with Gasteiger partial charge in [0.15, 0.2) is 0 Å². The lowest BCUT2D eigenvalue weighted by molar-refractivity contribution is -0.144. The first-order valence-corrected chi connectivity index (χ1v) is 5.78. The second-order valence-corrected chi connectivity index (χ2v) is 4.41. The third kappa shape index (κ3) is 7.31. The average Bonchev–Trinajstić information content (AvgIpc) is 2.15. The Labute approximate surface area is 99.0 Å². The van der Waals surface area contributed by atoms with Crippen molar-refractivity contribution in [3.8, 4) is 0 Å². The molecule has 0 radical (unpaired) electrons. The van der Waals surface area contributed by atoms with Crippen molar-refractivity contribution in [2.75, 3.05) is 6.61 Å². The number of esters is 1. The first-order chi connectivity index (χ1) is 6.97. The van der Waals surface area contributed by atoms with E-state index in [-0.39, 0.29) is 30.5 Å². The smallest absolute Gasteiger partial charge is 0.306 e. The molecule has 4 heteroatoms. The lowest BCUT2D eigenvalue weighted by Gasteiger charge is -2.08. The van der Waals surface area contributed by atoms with Crippen LogP contribution in [-0.2, 0) is 14.3 Å². The van der Waals surface area contributed by atoms with Gasteiger partial charge in [0.25, 0.3) is 0 Å². The normalized spacial score (nSPS) is 11.9. The second-order valence-electron chi connectivity index (χ2n) is 3.40. The molecule has 15 heavy (non-hydrogen) atoms. The van der Waals surface area contributed by atoms with Crippen LogP contribution in [0.15, 0.2) is 11.1 Å². The van der Waals surface area contributed by atoms with Crippen LogP contribution in [0.5, 0.6) is 0 Å². The van der Waals surface area contributed by atoms with Gasteiger partial charge in [0.05, 0.1) is 13.0 Å². The molecule has 0 amide bonds. The van der Waals surface area contributed by atoms with E-state index in [1.165, 1.54) is 0 Å². The van der Waals surface area contributed by atoms with Crippen LogP contribution in [0.3, 0.4) is 0 Å². The maximum absolute atomic E-state index is 11.4. The molecule has 0 saturated carbocycles. The Hall–Kier alpha value is -0.640. The minimum Gasteiger partial charge on any atom is -0.466 e. The molecule has 0 heterocycles. The van der Waals surface area contributed by atoms with E-state index in [2.05, 4.69) is 22.5 Å². The minimum absolute atomic E-state index is 0.0659. The van der Waals surface area contributed by atoms with Crippen molar-refractivity contribution in [2.24, 2.45) is 5.92 Å². The minimum atomic E-state index is -0.309. The zero-order valence-corrected chi connectivity index (χ0v) is 10.8. The van der Waals surface area contributed by atoms with Gasteiger partial charge in [0.2, 0.25) is 0 Å². The van der Waals surface area contributed by atoms with Crippen LogP contribution in [-0.4, -0.2) is 18.4 Å². The molecule has 0 fully saturated rings. The largest absolute Gasteiger partial charge is 0.466 e. The summed E-state index contributed by atoms with van der Waals surface area (Å²) >= 11 is 3.23. The van der Waals surface area contributed by atoms with E-state index in [9.17, 15) is 9.59 Å². The van der Waals surface area contributed by atoms with E-state index in [0.29, 0.717) is 13.0 Å². The number of carbonyl (C=O) groups excluding carboxylic acids is 2. The molecule has 0 aromatic carbocycles. The van der Waals surface area contributed by atoms with E-state index in [4.69, 9.17) is 4.74 Å². The Morgan fingerprint density at radius 3 is 2.47 bits per heavy atom. The van der Waals surface area contributed by atoms with Crippen LogP contribution >= 0.6 is 15.9 Å². The first kappa shape index (κ1) is 14.4. The summed E-state index contributed by atoms with van der Waals surface area (Å²) in [5.41, 5.74) is 0. The summed E-state index contributed by atoms with van der Waals surface area (Å²) in [6.07, 6.45) is 0.848. The van der Waals surface area contributed by atoms with Crippen LogP contribution in [0.1, 0.15) is 33.1 Å². The molecule has 0 unspecified atom stereocenters. The number of ether oxygens (including phenoxy) is 1. The van der Waals surface area contributed by atoms with E-state index in [1.807, 2.05) is 6.92 Å². The molecule has 0 aliphatic rings. The van der Waals surface area contributed by atoms with Gasteiger partial charge in [0.1, 0.15) is 5.78 Å². The highest BCUT2D eigenvalue weighted by Crippen LogP contribution is 2.19. The zero-order valence-electron chi connectivity index (χ0n) is 9.22. The van der Waals surface area contributed by atoms with Gasteiger partial charge in [-0.25, -0.2) is 0 Å². The van der Waals surface area contributed by atoms with E-state index >= 15 is 0 Å². The molecule has 0 aromatic rings. The van der Waals surface area contributed by atoms with Crippen LogP contribution < -0.4 is 0 Å². The monoisotopic (exact) mass is 276 g/mol. The number of halogens is 1. The predicted molar refractivity (Wildman–Crippen MR) is 62.7 cm³/mol.